The van der Waals surface area contributed by atoms with E-state index in [0.29, 0.717) is 5.92 Å². The number of nitrogens with zero attached hydrogens (tertiary/aromatic N) is 1. The third-order valence-corrected chi connectivity index (χ3v) is 2.82. The molecule has 0 aliphatic rings. The van der Waals surface area contributed by atoms with E-state index in [-0.39, 0.29) is 0 Å². The third-order valence-electron chi connectivity index (χ3n) is 2.82. The molecule has 0 saturated carbocycles. The van der Waals surface area contributed by atoms with Gasteiger partial charge in [0.25, 0.3) is 0 Å². The van der Waals surface area contributed by atoms with Crippen molar-refractivity contribution < 1.29 is 0 Å². The fourth-order valence-corrected chi connectivity index (χ4v) is 1.80. The highest BCUT2D eigenvalue weighted by Gasteiger charge is 2.02. The van der Waals surface area contributed by atoms with Crippen LogP contribution in [-0.2, 0) is 7.05 Å². The second-order valence-corrected chi connectivity index (χ2v) is 4.28. The van der Waals surface area contributed by atoms with E-state index >= 15 is 0 Å². The Morgan fingerprint density at radius 1 is 1.00 bits per heavy atom. The molecule has 0 saturated heterocycles. The normalized spacial score (nSPS) is 10.9. The quantitative estimate of drug-likeness (QED) is 0.693. The minimum atomic E-state index is 0.604. The molecule has 1 aromatic carbocycles. The highest BCUT2D eigenvalue weighted by atomic mass is 14.9. The van der Waals surface area contributed by atoms with E-state index in [4.69, 9.17) is 0 Å². The van der Waals surface area contributed by atoms with Crippen molar-refractivity contribution >= 4 is 0 Å². The predicted octanol–water partition coefficient (Wildman–Crippen LogP) is 3.82. The minimum Gasteiger partial charge on any atom is -0.351 e. The average molecular weight is 199 g/mol. The van der Waals surface area contributed by atoms with Gasteiger partial charge in [-0.2, -0.15) is 0 Å². The summed E-state index contributed by atoms with van der Waals surface area (Å²) < 4.78 is 2.14. The van der Waals surface area contributed by atoms with Gasteiger partial charge in [-0.15, -0.1) is 0 Å². The average Bonchev–Trinajstić information content (AvgIpc) is 2.65. The lowest BCUT2D eigenvalue weighted by atomic mass is 10.0. The Morgan fingerprint density at radius 3 is 2.13 bits per heavy atom. The molecule has 0 aliphatic heterocycles. The number of benzene rings is 1. The fourth-order valence-electron chi connectivity index (χ4n) is 1.80. The number of aryl methyl sites for hydroxylation is 1. The molecule has 0 spiro atoms. The molecule has 1 aromatic heterocycles. The number of aromatic nitrogens is 1. The molecule has 2 rings (SSSR count). The van der Waals surface area contributed by atoms with Gasteiger partial charge in [0.2, 0.25) is 0 Å². The summed E-state index contributed by atoms with van der Waals surface area (Å²) in [7, 11) is 2.08. The largest absolute Gasteiger partial charge is 0.351 e. The highest BCUT2D eigenvalue weighted by Crippen LogP contribution is 2.22. The van der Waals surface area contributed by atoms with Gasteiger partial charge in [0.1, 0.15) is 0 Å². The third kappa shape index (κ3) is 1.96. The molecule has 0 unspecified atom stereocenters. The van der Waals surface area contributed by atoms with Gasteiger partial charge in [-0.3, -0.25) is 0 Å². The summed E-state index contributed by atoms with van der Waals surface area (Å²) in [5.74, 6) is 0.604. The van der Waals surface area contributed by atoms with Crippen molar-refractivity contribution in [1.82, 2.24) is 4.57 Å². The first kappa shape index (κ1) is 10.0. The van der Waals surface area contributed by atoms with Crippen molar-refractivity contribution in [1.29, 1.82) is 0 Å². The fraction of sp³-hybridized carbons (Fsp3) is 0.286. The van der Waals surface area contributed by atoms with Gasteiger partial charge in [0.05, 0.1) is 0 Å². The maximum absolute atomic E-state index is 2.22. The lowest BCUT2D eigenvalue weighted by molar-refractivity contribution is 0.866. The van der Waals surface area contributed by atoms with Crippen molar-refractivity contribution in [2.24, 2.45) is 7.05 Å². The molecule has 0 aliphatic carbocycles. The Bertz CT molecular complexity index is 435. The zero-order valence-corrected chi connectivity index (χ0v) is 9.57. The van der Waals surface area contributed by atoms with Crippen LogP contribution in [0.2, 0.25) is 0 Å². The van der Waals surface area contributed by atoms with E-state index < -0.39 is 0 Å². The van der Waals surface area contributed by atoms with E-state index in [2.05, 4.69) is 68.1 Å². The van der Waals surface area contributed by atoms with Gasteiger partial charge in [-0.05, 0) is 29.2 Å². The first-order chi connectivity index (χ1) is 7.18. The summed E-state index contributed by atoms with van der Waals surface area (Å²) in [6.45, 7) is 4.44. The molecule has 78 valence electrons. The van der Waals surface area contributed by atoms with Gasteiger partial charge >= 0.3 is 0 Å². The first-order valence-electron chi connectivity index (χ1n) is 5.40. The maximum Gasteiger partial charge on any atom is 0.0477 e. The smallest absolute Gasteiger partial charge is 0.0477 e. The number of hydrogen-bond donors (Lipinski definition) is 0. The van der Waals surface area contributed by atoms with E-state index in [1.807, 2.05) is 0 Å². The lowest BCUT2D eigenvalue weighted by Gasteiger charge is -2.07. The van der Waals surface area contributed by atoms with Crippen molar-refractivity contribution in [3.63, 3.8) is 0 Å². The lowest BCUT2D eigenvalue weighted by Crippen LogP contribution is -1.90. The van der Waals surface area contributed by atoms with E-state index in [1.54, 1.807) is 0 Å². The van der Waals surface area contributed by atoms with Gasteiger partial charge in [-0.1, -0.05) is 38.1 Å². The molecule has 1 nitrogen and oxygen atoms in total. The number of rotatable bonds is 2. The van der Waals surface area contributed by atoms with E-state index in [0.717, 1.165) is 0 Å². The summed E-state index contributed by atoms with van der Waals surface area (Å²) >= 11 is 0. The Morgan fingerprint density at radius 2 is 1.67 bits per heavy atom. The molecule has 0 bridgehead atoms. The SMILES string of the molecule is CC(C)c1ccc(-c2cccn2C)cc1. The monoisotopic (exact) mass is 199 g/mol. The second-order valence-electron chi connectivity index (χ2n) is 4.28. The van der Waals surface area contributed by atoms with Crippen molar-refractivity contribution in [3.05, 3.63) is 48.2 Å². The van der Waals surface area contributed by atoms with Crippen LogP contribution >= 0.6 is 0 Å². The topological polar surface area (TPSA) is 4.93 Å². The van der Waals surface area contributed by atoms with Gasteiger partial charge in [0.15, 0.2) is 0 Å². The minimum absolute atomic E-state index is 0.604. The first-order valence-corrected chi connectivity index (χ1v) is 5.40. The highest BCUT2D eigenvalue weighted by molar-refractivity contribution is 5.60. The van der Waals surface area contributed by atoms with Crippen molar-refractivity contribution in [2.75, 3.05) is 0 Å². The zero-order chi connectivity index (χ0) is 10.8. The Kier molecular flexibility index (Phi) is 2.63. The van der Waals surface area contributed by atoms with Crippen LogP contribution < -0.4 is 0 Å². The molecule has 1 heteroatoms. The molecule has 15 heavy (non-hydrogen) atoms. The molecular weight excluding hydrogens is 182 g/mol. The van der Waals surface area contributed by atoms with E-state index in [1.165, 1.54) is 16.8 Å². The number of hydrogen-bond acceptors (Lipinski definition) is 0. The van der Waals surface area contributed by atoms with Crippen molar-refractivity contribution in [2.45, 2.75) is 19.8 Å². The van der Waals surface area contributed by atoms with Crippen LogP contribution in [0.1, 0.15) is 25.3 Å². The maximum atomic E-state index is 2.22. The zero-order valence-electron chi connectivity index (χ0n) is 9.57. The summed E-state index contributed by atoms with van der Waals surface area (Å²) in [5, 5.41) is 0. The van der Waals surface area contributed by atoms with E-state index in [9.17, 15) is 0 Å². The van der Waals surface area contributed by atoms with Gasteiger partial charge in [0, 0.05) is 18.9 Å². The molecule has 2 aromatic rings. The summed E-state index contributed by atoms with van der Waals surface area (Å²) in [6.07, 6.45) is 2.08. The summed E-state index contributed by atoms with van der Waals surface area (Å²) in [5.41, 5.74) is 3.95. The molecule has 0 fully saturated rings. The molecule has 0 amide bonds. The van der Waals surface area contributed by atoms with Crippen molar-refractivity contribution in [3.8, 4) is 11.3 Å². The summed E-state index contributed by atoms with van der Waals surface area (Å²) in [6, 6.07) is 13.0. The molecular formula is C14H17N. The molecule has 1 heterocycles. The molecule has 0 radical (unpaired) electrons. The Labute approximate surface area is 91.4 Å². The standard InChI is InChI=1S/C14H17N/c1-11(2)12-6-8-13(9-7-12)14-5-4-10-15(14)3/h4-11H,1-3H3. The van der Waals surface area contributed by atoms with Crippen LogP contribution in [0.5, 0.6) is 0 Å². The second kappa shape index (κ2) is 3.93. The van der Waals surface area contributed by atoms with Crippen LogP contribution in [0.25, 0.3) is 11.3 Å². The molecule has 0 N–H and O–H groups in total. The summed E-state index contributed by atoms with van der Waals surface area (Å²) in [4.78, 5) is 0. The van der Waals surface area contributed by atoms with Gasteiger partial charge < -0.3 is 4.57 Å². The Balaban J connectivity index is 2.36. The predicted molar refractivity (Wildman–Crippen MR) is 64.9 cm³/mol. The molecule has 0 atom stereocenters. The Hall–Kier alpha value is -1.50. The van der Waals surface area contributed by atoms with Crippen LogP contribution in [-0.4, -0.2) is 4.57 Å². The van der Waals surface area contributed by atoms with Crippen LogP contribution in [0.3, 0.4) is 0 Å². The van der Waals surface area contributed by atoms with Crippen LogP contribution in [0.4, 0.5) is 0 Å². The van der Waals surface area contributed by atoms with Crippen LogP contribution in [0, 0.1) is 0 Å². The van der Waals surface area contributed by atoms with Gasteiger partial charge in [-0.25, -0.2) is 0 Å². The van der Waals surface area contributed by atoms with Crippen LogP contribution in [0.15, 0.2) is 42.6 Å².